The van der Waals surface area contributed by atoms with Gasteiger partial charge in [-0.2, -0.15) is 0 Å². The topological polar surface area (TPSA) is 6.48 Å². The lowest BCUT2D eigenvalue weighted by molar-refractivity contribution is -0.0223. The molecule has 1 saturated heterocycles. The van der Waals surface area contributed by atoms with Crippen LogP contribution >= 0.6 is 0 Å². The second-order valence-electron chi connectivity index (χ2n) is 10.2. The molecule has 0 radical (unpaired) electrons. The van der Waals surface area contributed by atoms with Crippen molar-refractivity contribution in [2.45, 2.75) is 158 Å². The second-order valence-corrected chi connectivity index (χ2v) is 10.2. The molecule has 3 fully saturated rings. The van der Waals surface area contributed by atoms with Crippen LogP contribution in [0, 0.1) is 11.3 Å². The Kier molecular flexibility index (Phi) is 18.1. The molecule has 1 heterocycles. The summed E-state index contributed by atoms with van der Waals surface area (Å²) in [6.45, 7) is 22.3. The Morgan fingerprint density at radius 3 is 1.66 bits per heavy atom. The SMILES string of the molecule is CC.CC.CCC1CCCCC1.CCN1CCC2(CCC(N(C(C)C)C(C)F)CC2)CC1. The van der Waals surface area contributed by atoms with Gasteiger partial charge in [0.2, 0.25) is 0 Å². The third-order valence-corrected chi connectivity index (χ3v) is 8.11. The van der Waals surface area contributed by atoms with Crippen LogP contribution < -0.4 is 0 Å². The van der Waals surface area contributed by atoms with Crippen molar-refractivity contribution in [1.29, 1.82) is 0 Å². The van der Waals surface area contributed by atoms with Gasteiger partial charge in [-0.3, -0.25) is 4.90 Å². The van der Waals surface area contributed by atoms with Crippen LogP contribution in [-0.4, -0.2) is 47.8 Å². The highest BCUT2D eigenvalue weighted by Gasteiger charge is 2.40. The molecule has 0 aromatic carbocycles. The molecule has 3 aliphatic rings. The molecule has 1 atom stereocenters. The number of hydrogen-bond acceptors (Lipinski definition) is 2. The number of hydrogen-bond donors (Lipinski definition) is 0. The number of piperidine rings is 1. The molecule has 3 rings (SSSR count). The van der Waals surface area contributed by atoms with Gasteiger partial charge < -0.3 is 4.90 Å². The van der Waals surface area contributed by atoms with E-state index in [0.29, 0.717) is 17.5 Å². The zero-order valence-corrected chi connectivity index (χ0v) is 23.7. The highest BCUT2D eigenvalue weighted by molar-refractivity contribution is 4.93. The molecule has 2 nitrogen and oxygen atoms in total. The lowest BCUT2D eigenvalue weighted by Crippen LogP contribution is -2.49. The maximum Gasteiger partial charge on any atom is 0.151 e. The first-order valence-corrected chi connectivity index (χ1v) is 14.5. The van der Waals surface area contributed by atoms with Gasteiger partial charge in [-0.05, 0) is 90.3 Å². The Hall–Kier alpha value is -0.150. The van der Waals surface area contributed by atoms with Crippen LogP contribution in [0.15, 0.2) is 0 Å². The Bertz CT molecular complexity index is 391. The van der Waals surface area contributed by atoms with Crippen LogP contribution in [0.2, 0.25) is 0 Å². The molecule has 1 aliphatic heterocycles. The Balaban J connectivity index is 0.000000666. The van der Waals surface area contributed by atoms with Crippen LogP contribution in [0.25, 0.3) is 0 Å². The molecule has 2 aliphatic carbocycles. The zero-order chi connectivity index (χ0) is 24.6. The minimum absolute atomic E-state index is 0.316. The molecule has 2 saturated carbocycles. The molecule has 0 bridgehead atoms. The monoisotopic (exact) mass is 456 g/mol. The highest BCUT2D eigenvalue weighted by Crippen LogP contribution is 2.46. The third-order valence-electron chi connectivity index (χ3n) is 8.11. The Morgan fingerprint density at radius 1 is 0.812 bits per heavy atom. The summed E-state index contributed by atoms with van der Waals surface area (Å²) >= 11 is 0. The van der Waals surface area contributed by atoms with Gasteiger partial charge in [0.05, 0.1) is 0 Å². The van der Waals surface area contributed by atoms with Crippen molar-refractivity contribution in [2.75, 3.05) is 19.6 Å². The van der Waals surface area contributed by atoms with Crippen LogP contribution in [0.4, 0.5) is 4.39 Å². The molecule has 3 heteroatoms. The van der Waals surface area contributed by atoms with Crippen molar-refractivity contribution < 1.29 is 4.39 Å². The van der Waals surface area contributed by atoms with Crippen LogP contribution in [0.1, 0.15) is 139 Å². The second kappa shape index (κ2) is 18.2. The molecule has 0 amide bonds. The fraction of sp³-hybridized carbons (Fsp3) is 1.00. The van der Waals surface area contributed by atoms with E-state index in [4.69, 9.17) is 0 Å². The van der Waals surface area contributed by atoms with E-state index in [0.717, 1.165) is 5.92 Å². The summed E-state index contributed by atoms with van der Waals surface area (Å²) in [6, 6.07) is 0.779. The maximum absolute atomic E-state index is 13.9. The van der Waals surface area contributed by atoms with Gasteiger partial charge in [0.1, 0.15) is 0 Å². The molecule has 0 N–H and O–H groups in total. The molecule has 0 aromatic heterocycles. The van der Waals surface area contributed by atoms with Crippen molar-refractivity contribution in [3.63, 3.8) is 0 Å². The van der Waals surface area contributed by atoms with Crippen molar-refractivity contribution in [2.24, 2.45) is 11.3 Å². The minimum atomic E-state index is -0.809. The van der Waals surface area contributed by atoms with E-state index in [1.54, 1.807) is 6.92 Å². The summed E-state index contributed by atoms with van der Waals surface area (Å²) < 4.78 is 13.9. The molecule has 194 valence electrons. The Labute approximate surface area is 203 Å². The van der Waals surface area contributed by atoms with Gasteiger partial charge in [-0.1, -0.05) is 80.1 Å². The average molecular weight is 457 g/mol. The first-order chi connectivity index (χ1) is 15.4. The summed E-state index contributed by atoms with van der Waals surface area (Å²) in [5.41, 5.74) is 0.588. The number of halogens is 1. The summed E-state index contributed by atoms with van der Waals surface area (Å²) in [5.74, 6) is 1.09. The molecule has 32 heavy (non-hydrogen) atoms. The van der Waals surface area contributed by atoms with Crippen LogP contribution in [0.5, 0.6) is 0 Å². The first kappa shape index (κ1) is 31.9. The van der Waals surface area contributed by atoms with Crippen molar-refractivity contribution in [3.8, 4) is 0 Å². The minimum Gasteiger partial charge on any atom is -0.304 e. The van der Waals surface area contributed by atoms with Gasteiger partial charge >= 0.3 is 0 Å². The lowest BCUT2D eigenvalue weighted by atomic mass is 9.66. The standard InChI is InChI=1S/C17H33FN2.C8H16.2C2H6/c1-5-19-12-10-17(11-13-19)8-6-16(7-9-17)20(14(2)3)15(4)18;1-2-8-6-4-3-5-7-8;2*1-2/h14-16H,5-13H2,1-4H3;8H,2-7H2,1H3;2*1-2H3. The number of likely N-dealkylation sites (tertiary alicyclic amines) is 1. The van der Waals surface area contributed by atoms with E-state index in [-0.39, 0.29) is 0 Å². The molecule has 0 aromatic rings. The summed E-state index contributed by atoms with van der Waals surface area (Å²) in [7, 11) is 0. The van der Waals surface area contributed by atoms with E-state index >= 15 is 0 Å². The summed E-state index contributed by atoms with van der Waals surface area (Å²) in [6.07, 6.45) is 15.9. The van der Waals surface area contributed by atoms with Crippen LogP contribution in [0.3, 0.4) is 0 Å². The van der Waals surface area contributed by atoms with Crippen molar-refractivity contribution >= 4 is 0 Å². The van der Waals surface area contributed by atoms with E-state index < -0.39 is 6.30 Å². The predicted molar refractivity (Wildman–Crippen MR) is 143 cm³/mol. The maximum atomic E-state index is 13.9. The quantitative estimate of drug-likeness (QED) is 0.380. The lowest BCUT2D eigenvalue weighted by Gasteiger charge is -2.48. The first-order valence-electron chi connectivity index (χ1n) is 14.5. The largest absolute Gasteiger partial charge is 0.304 e. The average Bonchev–Trinajstić information content (AvgIpc) is 2.84. The highest BCUT2D eigenvalue weighted by atomic mass is 19.1. The normalized spacial score (nSPS) is 22.9. The summed E-state index contributed by atoms with van der Waals surface area (Å²) in [4.78, 5) is 4.66. The van der Waals surface area contributed by atoms with Gasteiger partial charge in [0.25, 0.3) is 0 Å². The van der Waals surface area contributed by atoms with Crippen molar-refractivity contribution in [3.05, 3.63) is 0 Å². The predicted octanol–water partition coefficient (Wildman–Crippen LogP) is 9.09. The Morgan fingerprint density at radius 2 is 1.31 bits per heavy atom. The van der Waals surface area contributed by atoms with E-state index in [2.05, 4.69) is 37.5 Å². The number of alkyl halides is 1. The van der Waals surface area contributed by atoms with Gasteiger partial charge in [-0.25, -0.2) is 4.39 Å². The summed E-state index contributed by atoms with van der Waals surface area (Å²) in [5, 5.41) is 0. The smallest absolute Gasteiger partial charge is 0.151 e. The van der Waals surface area contributed by atoms with Crippen LogP contribution in [-0.2, 0) is 0 Å². The van der Waals surface area contributed by atoms with Crippen molar-refractivity contribution in [1.82, 2.24) is 9.80 Å². The van der Waals surface area contributed by atoms with Gasteiger partial charge in [-0.15, -0.1) is 0 Å². The van der Waals surface area contributed by atoms with Gasteiger partial charge in [0, 0.05) is 12.1 Å². The zero-order valence-electron chi connectivity index (χ0n) is 23.7. The molecular weight excluding hydrogens is 395 g/mol. The fourth-order valence-electron chi connectivity index (χ4n) is 6.08. The fourth-order valence-corrected chi connectivity index (χ4v) is 6.08. The number of nitrogens with zero attached hydrogens (tertiary/aromatic N) is 2. The molecular formula is C29H61FN2. The molecule has 1 unspecified atom stereocenters. The molecule has 1 spiro atoms. The number of rotatable bonds is 5. The van der Waals surface area contributed by atoms with Gasteiger partial charge in [0.15, 0.2) is 6.30 Å². The van der Waals surface area contributed by atoms with E-state index in [1.807, 2.05) is 27.7 Å². The van der Waals surface area contributed by atoms with E-state index in [1.165, 1.54) is 96.7 Å². The third kappa shape index (κ3) is 10.9. The van der Waals surface area contributed by atoms with E-state index in [9.17, 15) is 4.39 Å².